The predicted molar refractivity (Wildman–Crippen MR) is 46.5 cm³/mol. The van der Waals surface area contributed by atoms with Crippen molar-refractivity contribution in [2.75, 3.05) is 7.11 Å². The van der Waals surface area contributed by atoms with Gasteiger partial charge in [-0.2, -0.15) is 0 Å². The molecule has 0 unspecified atom stereocenters. The molecule has 1 heterocycles. The van der Waals surface area contributed by atoms with Gasteiger partial charge in [-0.05, 0) is 17.7 Å². The third-order valence-electron chi connectivity index (χ3n) is 1.88. The molecule has 0 saturated heterocycles. The summed E-state index contributed by atoms with van der Waals surface area (Å²) in [7, 11) is 1.55. The number of benzene rings is 1. The minimum absolute atomic E-state index is 0.0164. The van der Waals surface area contributed by atoms with E-state index in [-0.39, 0.29) is 6.61 Å². The van der Waals surface area contributed by atoms with Crippen molar-refractivity contribution >= 4 is 11.0 Å². The Morgan fingerprint density at radius 3 is 3.08 bits per heavy atom. The number of hydrogen-bond acceptors (Lipinski definition) is 4. The van der Waals surface area contributed by atoms with E-state index in [4.69, 9.17) is 14.4 Å². The molecule has 0 saturated carbocycles. The maximum absolute atomic E-state index is 8.95. The summed E-state index contributed by atoms with van der Waals surface area (Å²) < 4.78 is 10.1. The number of methoxy groups -OCH3 is 1. The lowest BCUT2D eigenvalue weighted by atomic mass is 10.1. The average molecular weight is 179 g/mol. The lowest BCUT2D eigenvalue weighted by Gasteiger charge is -2.01. The fraction of sp³-hybridized carbons (Fsp3) is 0.222. The second-order valence-electron chi connectivity index (χ2n) is 2.70. The first kappa shape index (κ1) is 8.07. The molecule has 4 heteroatoms. The van der Waals surface area contributed by atoms with E-state index in [0.717, 1.165) is 10.9 Å². The number of aliphatic hydroxyl groups is 1. The Hall–Kier alpha value is -1.55. The van der Waals surface area contributed by atoms with E-state index in [1.165, 1.54) is 0 Å². The summed E-state index contributed by atoms with van der Waals surface area (Å²) in [6.07, 6.45) is 1.59. The molecule has 1 aromatic carbocycles. The molecule has 0 radical (unpaired) electrons. The van der Waals surface area contributed by atoms with Gasteiger partial charge >= 0.3 is 0 Å². The number of fused-ring (bicyclic) bond motifs is 1. The molecule has 0 aliphatic rings. The normalized spacial score (nSPS) is 10.6. The number of ether oxygens (including phenoxy) is 1. The molecule has 0 fully saturated rings. The van der Waals surface area contributed by atoms with Crippen molar-refractivity contribution in [3.63, 3.8) is 0 Å². The molecule has 0 aliphatic heterocycles. The quantitative estimate of drug-likeness (QED) is 0.755. The molecule has 2 rings (SSSR count). The molecule has 0 amide bonds. The Kier molecular flexibility index (Phi) is 1.90. The van der Waals surface area contributed by atoms with Gasteiger partial charge in [0.15, 0.2) is 5.75 Å². The van der Waals surface area contributed by atoms with E-state index in [1.54, 1.807) is 19.4 Å². The number of rotatable bonds is 2. The van der Waals surface area contributed by atoms with Gasteiger partial charge in [-0.1, -0.05) is 5.16 Å². The molecule has 1 N–H and O–H groups in total. The highest BCUT2D eigenvalue weighted by molar-refractivity contribution is 5.82. The topological polar surface area (TPSA) is 55.5 Å². The summed E-state index contributed by atoms with van der Waals surface area (Å²) in [4.78, 5) is 0. The van der Waals surface area contributed by atoms with Gasteiger partial charge in [-0.15, -0.1) is 0 Å². The van der Waals surface area contributed by atoms with Gasteiger partial charge in [0.1, 0.15) is 0 Å². The Morgan fingerprint density at radius 2 is 2.38 bits per heavy atom. The zero-order valence-corrected chi connectivity index (χ0v) is 7.15. The van der Waals surface area contributed by atoms with Crippen molar-refractivity contribution in [3.05, 3.63) is 23.9 Å². The summed E-state index contributed by atoms with van der Waals surface area (Å²) in [6.45, 7) is -0.0164. The van der Waals surface area contributed by atoms with Crippen LogP contribution < -0.4 is 4.74 Å². The highest BCUT2D eigenvalue weighted by atomic mass is 16.5. The van der Waals surface area contributed by atoms with Crippen molar-refractivity contribution in [1.82, 2.24) is 5.16 Å². The Labute approximate surface area is 74.7 Å². The highest BCUT2D eigenvalue weighted by Crippen LogP contribution is 2.26. The van der Waals surface area contributed by atoms with E-state index in [9.17, 15) is 0 Å². The zero-order valence-electron chi connectivity index (χ0n) is 7.15. The van der Waals surface area contributed by atoms with Crippen LogP contribution in [0.3, 0.4) is 0 Å². The minimum atomic E-state index is -0.0164. The van der Waals surface area contributed by atoms with Crippen LogP contribution in [0.1, 0.15) is 5.56 Å². The van der Waals surface area contributed by atoms with Gasteiger partial charge in [0.2, 0.25) is 5.58 Å². The first-order valence-electron chi connectivity index (χ1n) is 3.87. The molecule has 68 valence electrons. The van der Waals surface area contributed by atoms with Crippen LogP contribution in [-0.2, 0) is 6.61 Å². The maximum atomic E-state index is 8.95. The largest absolute Gasteiger partial charge is 0.493 e. The van der Waals surface area contributed by atoms with Crippen LogP contribution in [0.5, 0.6) is 5.75 Å². The van der Waals surface area contributed by atoms with Crippen molar-refractivity contribution in [2.45, 2.75) is 6.61 Å². The Bertz CT molecular complexity index is 422. The number of hydrogen-bond donors (Lipinski definition) is 1. The van der Waals surface area contributed by atoms with Gasteiger partial charge < -0.3 is 14.4 Å². The van der Waals surface area contributed by atoms with E-state index in [2.05, 4.69) is 5.16 Å². The number of aromatic nitrogens is 1. The summed E-state index contributed by atoms with van der Waals surface area (Å²) in [6, 6.07) is 3.54. The van der Waals surface area contributed by atoms with Crippen molar-refractivity contribution < 1.29 is 14.4 Å². The fourth-order valence-corrected chi connectivity index (χ4v) is 1.26. The van der Waals surface area contributed by atoms with Gasteiger partial charge in [-0.25, -0.2) is 0 Å². The highest BCUT2D eigenvalue weighted by Gasteiger charge is 2.07. The smallest absolute Gasteiger partial charge is 0.208 e. The summed E-state index contributed by atoms with van der Waals surface area (Å²) in [5, 5.41) is 13.4. The molecular formula is C9H9NO3. The van der Waals surface area contributed by atoms with Crippen LogP contribution in [0, 0.1) is 0 Å². The van der Waals surface area contributed by atoms with Crippen LogP contribution in [-0.4, -0.2) is 17.4 Å². The minimum Gasteiger partial charge on any atom is -0.493 e. The molecule has 4 nitrogen and oxygen atoms in total. The second-order valence-corrected chi connectivity index (χ2v) is 2.70. The Balaban J connectivity index is 2.70. The number of aliphatic hydroxyl groups excluding tert-OH is 1. The van der Waals surface area contributed by atoms with Crippen LogP contribution in [0.25, 0.3) is 11.0 Å². The van der Waals surface area contributed by atoms with E-state index < -0.39 is 0 Å². The predicted octanol–water partition coefficient (Wildman–Crippen LogP) is 1.33. The molecule has 2 aromatic rings. The van der Waals surface area contributed by atoms with Crippen LogP contribution in [0.15, 0.2) is 22.9 Å². The summed E-state index contributed by atoms with van der Waals surface area (Å²) in [5.74, 6) is 0.596. The summed E-state index contributed by atoms with van der Waals surface area (Å²) >= 11 is 0. The Morgan fingerprint density at radius 1 is 1.54 bits per heavy atom. The van der Waals surface area contributed by atoms with Crippen LogP contribution >= 0.6 is 0 Å². The maximum Gasteiger partial charge on any atom is 0.208 e. The molecule has 13 heavy (non-hydrogen) atoms. The molecule has 1 aromatic heterocycles. The molecule has 0 spiro atoms. The average Bonchev–Trinajstić information content (AvgIpc) is 2.63. The van der Waals surface area contributed by atoms with Gasteiger partial charge in [0.05, 0.1) is 19.9 Å². The van der Waals surface area contributed by atoms with Gasteiger partial charge in [0.25, 0.3) is 0 Å². The summed E-state index contributed by atoms with van der Waals surface area (Å²) in [5.41, 5.74) is 1.40. The standard InChI is InChI=1S/C9H9NO3/c1-12-8-3-6(5-11)2-7-4-10-13-9(7)8/h2-4,11H,5H2,1H3. The lowest BCUT2D eigenvalue weighted by Crippen LogP contribution is -1.87. The van der Waals surface area contributed by atoms with E-state index in [1.807, 2.05) is 6.07 Å². The molecule has 0 atom stereocenters. The zero-order chi connectivity index (χ0) is 9.26. The second kappa shape index (κ2) is 3.06. The first-order chi connectivity index (χ1) is 6.35. The van der Waals surface area contributed by atoms with Crippen molar-refractivity contribution in [3.8, 4) is 5.75 Å². The van der Waals surface area contributed by atoms with Crippen LogP contribution in [0.4, 0.5) is 0 Å². The third-order valence-corrected chi connectivity index (χ3v) is 1.88. The van der Waals surface area contributed by atoms with Gasteiger partial charge in [0, 0.05) is 5.39 Å². The van der Waals surface area contributed by atoms with E-state index >= 15 is 0 Å². The SMILES string of the molecule is COc1cc(CO)cc2cnoc12. The monoisotopic (exact) mass is 179 g/mol. The number of nitrogens with zero attached hydrogens (tertiary/aromatic N) is 1. The molecule has 0 bridgehead atoms. The third kappa shape index (κ3) is 1.25. The lowest BCUT2D eigenvalue weighted by molar-refractivity contribution is 0.281. The van der Waals surface area contributed by atoms with E-state index in [0.29, 0.717) is 11.3 Å². The molecule has 0 aliphatic carbocycles. The van der Waals surface area contributed by atoms with Crippen LogP contribution in [0.2, 0.25) is 0 Å². The molecular weight excluding hydrogens is 170 g/mol. The first-order valence-corrected chi connectivity index (χ1v) is 3.87. The fourth-order valence-electron chi connectivity index (χ4n) is 1.26. The van der Waals surface area contributed by atoms with Crippen molar-refractivity contribution in [1.29, 1.82) is 0 Å². The van der Waals surface area contributed by atoms with Gasteiger partial charge in [-0.3, -0.25) is 0 Å². The van der Waals surface area contributed by atoms with Crippen molar-refractivity contribution in [2.24, 2.45) is 0 Å².